The first-order valence-electron chi connectivity index (χ1n) is 4.97. The van der Waals surface area contributed by atoms with Crippen LogP contribution in [-0.4, -0.2) is 36.3 Å². The number of nitrogens with one attached hydrogen (secondary N) is 1. The third-order valence-corrected chi connectivity index (χ3v) is 4.19. The molecular weight excluding hydrogens is 292 g/mol. The average molecular weight is 303 g/mol. The zero-order valence-electron chi connectivity index (χ0n) is 8.53. The Labute approximate surface area is 106 Å². The van der Waals surface area contributed by atoms with Gasteiger partial charge in [-0.05, 0) is 33.8 Å². The van der Waals surface area contributed by atoms with Crippen molar-refractivity contribution in [2.75, 3.05) is 19.6 Å². The van der Waals surface area contributed by atoms with Crippen LogP contribution in [0.5, 0.6) is 0 Å². The summed E-state index contributed by atoms with van der Waals surface area (Å²) in [6.45, 7) is 1.43. The van der Waals surface area contributed by atoms with E-state index in [1.54, 1.807) is 4.90 Å². The summed E-state index contributed by atoms with van der Waals surface area (Å²) in [5, 5.41) is 4.60. The Morgan fingerprint density at radius 1 is 1.56 bits per heavy atom. The lowest BCUT2D eigenvalue weighted by atomic mass is 10.3. The van der Waals surface area contributed by atoms with Crippen molar-refractivity contribution >= 4 is 39.1 Å². The summed E-state index contributed by atoms with van der Waals surface area (Å²) in [7, 11) is 0. The predicted octanol–water partition coefficient (Wildman–Crippen LogP) is 1.47. The number of halogens is 1. The Balaban J connectivity index is 2.15. The Kier molecular flexibility index (Phi) is 3.60. The first-order valence-corrected chi connectivity index (χ1v) is 6.64. The van der Waals surface area contributed by atoms with Crippen LogP contribution in [0.15, 0.2) is 15.9 Å². The van der Waals surface area contributed by atoms with Crippen molar-refractivity contribution in [3.05, 3.63) is 20.8 Å². The van der Waals surface area contributed by atoms with Crippen LogP contribution in [-0.2, 0) is 4.79 Å². The van der Waals surface area contributed by atoms with E-state index in [1.807, 2.05) is 11.4 Å². The SMILES string of the molecule is O=C1CN(C(=O)c2sccc2Br)CCCN1. The Morgan fingerprint density at radius 2 is 2.38 bits per heavy atom. The molecule has 4 nitrogen and oxygen atoms in total. The zero-order chi connectivity index (χ0) is 11.5. The third-order valence-electron chi connectivity index (χ3n) is 2.36. The van der Waals surface area contributed by atoms with E-state index in [2.05, 4.69) is 21.2 Å². The van der Waals surface area contributed by atoms with Crippen LogP contribution < -0.4 is 5.32 Å². The lowest BCUT2D eigenvalue weighted by molar-refractivity contribution is -0.121. The van der Waals surface area contributed by atoms with Gasteiger partial charge in [0, 0.05) is 17.6 Å². The third kappa shape index (κ3) is 2.44. The van der Waals surface area contributed by atoms with Crippen LogP contribution in [0.3, 0.4) is 0 Å². The number of carbonyl (C=O) groups excluding carboxylic acids is 2. The minimum absolute atomic E-state index is 0.0704. The molecule has 0 unspecified atom stereocenters. The number of carbonyl (C=O) groups is 2. The van der Waals surface area contributed by atoms with Crippen molar-refractivity contribution in [2.45, 2.75) is 6.42 Å². The molecule has 1 aromatic rings. The molecule has 6 heteroatoms. The number of nitrogens with zero attached hydrogens (tertiary/aromatic N) is 1. The van der Waals surface area contributed by atoms with Gasteiger partial charge in [-0.3, -0.25) is 9.59 Å². The van der Waals surface area contributed by atoms with E-state index >= 15 is 0 Å². The Bertz CT molecular complexity index is 419. The molecule has 16 heavy (non-hydrogen) atoms. The van der Waals surface area contributed by atoms with E-state index in [9.17, 15) is 9.59 Å². The summed E-state index contributed by atoms with van der Waals surface area (Å²) >= 11 is 4.72. The van der Waals surface area contributed by atoms with Crippen LogP contribution in [0, 0.1) is 0 Å². The zero-order valence-corrected chi connectivity index (χ0v) is 10.9. The largest absolute Gasteiger partial charge is 0.354 e. The summed E-state index contributed by atoms with van der Waals surface area (Å²) in [5.41, 5.74) is 0. The highest BCUT2D eigenvalue weighted by molar-refractivity contribution is 9.10. The van der Waals surface area contributed by atoms with Crippen molar-refractivity contribution in [1.82, 2.24) is 10.2 Å². The molecule has 2 rings (SSSR count). The van der Waals surface area contributed by atoms with E-state index in [4.69, 9.17) is 0 Å². The van der Waals surface area contributed by atoms with Crippen LogP contribution in [0.1, 0.15) is 16.1 Å². The molecule has 1 aliphatic heterocycles. The van der Waals surface area contributed by atoms with Gasteiger partial charge < -0.3 is 10.2 Å². The minimum atomic E-state index is -0.0847. The van der Waals surface area contributed by atoms with Crippen molar-refractivity contribution in [1.29, 1.82) is 0 Å². The van der Waals surface area contributed by atoms with Crippen LogP contribution in [0.25, 0.3) is 0 Å². The quantitative estimate of drug-likeness (QED) is 0.854. The van der Waals surface area contributed by atoms with E-state index in [0.717, 1.165) is 10.9 Å². The van der Waals surface area contributed by atoms with Gasteiger partial charge in [-0.2, -0.15) is 0 Å². The fraction of sp³-hybridized carbons (Fsp3) is 0.400. The molecule has 86 valence electrons. The van der Waals surface area contributed by atoms with E-state index < -0.39 is 0 Å². The highest BCUT2D eigenvalue weighted by Gasteiger charge is 2.23. The summed E-state index contributed by atoms with van der Waals surface area (Å²) in [6.07, 6.45) is 0.806. The highest BCUT2D eigenvalue weighted by Crippen LogP contribution is 2.24. The molecule has 1 saturated heterocycles. The van der Waals surface area contributed by atoms with Gasteiger partial charge >= 0.3 is 0 Å². The van der Waals surface area contributed by atoms with Crippen molar-refractivity contribution in [2.24, 2.45) is 0 Å². The molecule has 1 aromatic heterocycles. The molecule has 1 N–H and O–H groups in total. The smallest absolute Gasteiger partial charge is 0.265 e. The summed E-state index contributed by atoms with van der Waals surface area (Å²) in [4.78, 5) is 25.7. The Hall–Kier alpha value is -0.880. The second kappa shape index (κ2) is 4.97. The first-order chi connectivity index (χ1) is 7.68. The molecule has 0 atom stereocenters. The summed E-state index contributed by atoms with van der Waals surface area (Å²) in [5.74, 6) is -0.155. The maximum absolute atomic E-state index is 12.1. The monoisotopic (exact) mass is 302 g/mol. The minimum Gasteiger partial charge on any atom is -0.354 e. The fourth-order valence-corrected chi connectivity index (χ4v) is 3.08. The highest BCUT2D eigenvalue weighted by atomic mass is 79.9. The lowest BCUT2D eigenvalue weighted by Gasteiger charge is -2.18. The van der Waals surface area contributed by atoms with Crippen LogP contribution >= 0.6 is 27.3 Å². The van der Waals surface area contributed by atoms with Crippen LogP contribution in [0.2, 0.25) is 0 Å². The average Bonchev–Trinajstić information content (AvgIpc) is 2.55. The molecule has 0 aromatic carbocycles. The predicted molar refractivity (Wildman–Crippen MR) is 65.5 cm³/mol. The summed E-state index contributed by atoms with van der Waals surface area (Å²) < 4.78 is 0.798. The molecule has 1 fully saturated rings. The number of rotatable bonds is 1. The van der Waals surface area contributed by atoms with Crippen LogP contribution in [0.4, 0.5) is 0 Å². The topological polar surface area (TPSA) is 49.4 Å². The van der Waals surface area contributed by atoms with Gasteiger partial charge in [0.15, 0.2) is 0 Å². The van der Waals surface area contributed by atoms with E-state index in [0.29, 0.717) is 18.0 Å². The van der Waals surface area contributed by atoms with Gasteiger partial charge in [-0.15, -0.1) is 11.3 Å². The molecule has 0 radical (unpaired) electrons. The Morgan fingerprint density at radius 3 is 3.06 bits per heavy atom. The molecule has 0 aliphatic carbocycles. The maximum atomic E-state index is 12.1. The van der Waals surface area contributed by atoms with Gasteiger partial charge in [0.1, 0.15) is 4.88 Å². The standard InChI is InChI=1S/C10H11BrN2O2S/c11-7-2-5-16-9(7)10(15)13-4-1-3-12-8(14)6-13/h2,5H,1,3-4,6H2,(H,12,14). The number of hydrogen-bond acceptors (Lipinski definition) is 3. The normalized spacial score (nSPS) is 16.8. The maximum Gasteiger partial charge on any atom is 0.265 e. The fourth-order valence-electron chi connectivity index (χ4n) is 1.57. The van der Waals surface area contributed by atoms with E-state index in [-0.39, 0.29) is 18.4 Å². The molecule has 0 saturated carbocycles. The van der Waals surface area contributed by atoms with Gasteiger partial charge in [0.05, 0.1) is 6.54 Å². The molecule has 0 spiro atoms. The second-order valence-corrected chi connectivity index (χ2v) is 5.30. The van der Waals surface area contributed by atoms with Gasteiger partial charge in [0.25, 0.3) is 5.91 Å². The lowest BCUT2D eigenvalue weighted by Crippen LogP contribution is -2.37. The van der Waals surface area contributed by atoms with Gasteiger partial charge in [-0.1, -0.05) is 0 Å². The molecular formula is C10H11BrN2O2S. The van der Waals surface area contributed by atoms with Crippen molar-refractivity contribution in [3.8, 4) is 0 Å². The molecule has 1 aliphatic rings. The van der Waals surface area contributed by atoms with E-state index in [1.165, 1.54) is 11.3 Å². The molecule has 2 heterocycles. The number of hydrogen-bond donors (Lipinski definition) is 1. The summed E-state index contributed by atoms with van der Waals surface area (Å²) in [6, 6.07) is 1.84. The molecule has 0 bridgehead atoms. The molecule has 2 amide bonds. The van der Waals surface area contributed by atoms with Crippen molar-refractivity contribution < 1.29 is 9.59 Å². The van der Waals surface area contributed by atoms with Gasteiger partial charge in [-0.25, -0.2) is 0 Å². The van der Waals surface area contributed by atoms with Crippen molar-refractivity contribution in [3.63, 3.8) is 0 Å². The number of thiophene rings is 1. The first kappa shape index (κ1) is 11.6. The second-order valence-electron chi connectivity index (χ2n) is 3.53. The number of amides is 2. The van der Waals surface area contributed by atoms with Gasteiger partial charge in [0.2, 0.25) is 5.91 Å².